The van der Waals surface area contributed by atoms with E-state index >= 15 is 0 Å². The van der Waals surface area contributed by atoms with Crippen molar-refractivity contribution in [1.82, 2.24) is 19.4 Å². The van der Waals surface area contributed by atoms with E-state index in [-0.39, 0.29) is 16.3 Å². The van der Waals surface area contributed by atoms with Gasteiger partial charge in [-0.05, 0) is 54.4 Å². The Hall–Kier alpha value is -4.84. The molecular formula is C27H19F2N5O4S. The lowest BCUT2D eigenvalue weighted by Gasteiger charge is -2.13. The second kappa shape index (κ2) is 8.88. The van der Waals surface area contributed by atoms with Crippen LogP contribution in [0, 0.1) is 18.6 Å². The van der Waals surface area contributed by atoms with Crippen LogP contribution in [0.5, 0.6) is 5.88 Å². The lowest BCUT2D eigenvalue weighted by molar-refractivity contribution is 0.385. The Balaban J connectivity index is 1.49. The van der Waals surface area contributed by atoms with E-state index < -0.39 is 27.3 Å². The summed E-state index contributed by atoms with van der Waals surface area (Å²) >= 11 is 0. The van der Waals surface area contributed by atoms with Crippen molar-refractivity contribution in [2.75, 3.05) is 11.8 Å². The summed E-state index contributed by atoms with van der Waals surface area (Å²) < 4.78 is 62.6. The number of benzene rings is 3. The lowest BCUT2D eigenvalue weighted by Crippen LogP contribution is -2.16. The summed E-state index contributed by atoms with van der Waals surface area (Å²) in [7, 11) is -3.16. The zero-order valence-electron chi connectivity index (χ0n) is 20.5. The van der Waals surface area contributed by atoms with Crippen molar-refractivity contribution >= 4 is 43.4 Å². The number of aryl methyl sites for hydroxylation is 1. The number of hydrogen-bond donors (Lipinski definition) is 2. The predicted molar refractivity (Wildman–Crippen MR) is 143 cm³/mol. The first-order valence-corrected chi connectivity index (χ1v) is 13.1. The van der Waals surface area contributed by atoms with Gasteiger partial charge < -0.3 is 9.72 Å². The molecule has 0 unspecified atom stereocenters. The Kier molecular flexibility index (Phi) is 5.57. The Labute approximate surface area is 219 Å². The van der Waals surface area contributed by atoms with Gasteiger partial charge in [-0.1, -0.05) is 18.2 Å². The Morgan fingerprint density at radius 1 is 1.03 bits per heavy atom. The maximum absolute atomic E-state index is 14.2. The molecule has 3 aromatic heterocycles. The molecule has 0 saturated heterocycles. The third-order valence-corrected chi connectivity index (χ3v) is 7.75. The maximum atomic E-state index is 14.2. The van der Waals surface area contributed by atoms with E-state index in [9.17, 15) is 22.0 Å². The third-order valence-electron chi connectivity index (χ3n) is 6.39. The van der Waals surface area contributed by atoms with Gasteiger partial charge in [0.15, 0.2) is 0 Å². The van der Waals surface area contributed by atoms with Crippen molar-refractivity contribution in [3.63, 3.8) is 0 Å². The molecule has 9 nitrogen and oxygen atoms in total. The monoisotopic (exact) mass is 547 g/mol. The number of aromatic amines is 1. The molecule has 6 aromatic rings. The zero-order valence-corrected chi connectivity index (χ0v) is 21.3. The average Bonchev–Trinajstić information content (AvgIpc) is 3.30. The smallest absolute Gasteiger partial charge is 0.267 e. The number of para-hydroxylation sites is 1. The number of aromatic nitrogens is 4. The molecule has 0 aliphatic rings. The van der Waals surface area contributed by atoms with Crippen LogP contribution in [-0.4, -0.2) is 34.9 Å². The minimum absolute atomic E-state index is 0.229. The van der Waals surface area contributed by atoms with Gasteiger partial charge in [0.05, 0.1) is 34.7 Å². The minimum atomic E-state index is -4.41. The number of fused-ring (bicyclic) bond motifs is 4. The largest absolute Gasteiger partial charge is 0.480 e. The highest BCUT2D eigenvalue weighted by Crippen LogP contribution is 2.31. The van der Waals surface area contributed by atoms with Crippen LogP contribution < -0.4 is 15.0 Å². The fourth-order valence-electron chi connectivity index (χ4n) is 4.54. The van der Waals surface area contributed by atoms with Crippen LogP contribution in [0.15, 0.2) is 76.6 Å². The van der Waals surface area contributed by atoms with Crippen LogP contribution in [0.25, 0.3) is 38.8 Å². The Morgan fingerprint density at radius 3 is 2.62 bits per heavy atom. The number of nitrogens with one attached hydrogen (secondary N) is 2. The molecule has 6 rings (SSSR count). The van der Waals surface area contributed by atoms with Gasteiger partial charge in [0.25, 0.3) is 15.6 Å². The summed E-state index contributed by atoms with van der Waals surface area (Å²) in [6.45, 7) is 1.90. The van der Waals surface area contributed by atoms with E-state index in [4.69, 9.17) is 4.74 Å². The van der Waals surface area contributed by atoms with E-state index in [1.165, 1.54) is 23.8 Å². The highest BCUT2D eigenvalue weighted by molar-refractivity contribution is 7.92. The molecule has 0 amide bonds. The van der Waals surface area contributed by atoms with Crippen LogP contribution in [0.3, 0.4) is 0 Å². The quantitative estimate of drug-likeness (QED) is 0.321. The summed E-state index contributed by atoms with van der Waals surface area (Å²) in [5, 5.41) is 0.320. The molecule has 2 N–H and O–H groups in total. The molecule has 39 heavy (non-hydrogen) atoms. The summed E-state index contributed by atoms with van der Waals surface area (Å²) in [6, 6.07) is 14.4. The first kappa shape index (κ1) is 24.5. The summed E-state index contributed by atoms with van der Waals surface area (Å²) in [6.07, 6.45) is 1.40. The van der Waals surface area contributed by atoms with Crippen LogP contribution in [0.2, 0.25) is 0 Å². The number of nitrogens with zero attached hydrogens (tertiary/aromatic N) is 3. The second-order valence-corrected chi connectivity index (χ2v) is 10.5. The molecule has 0 aliphatic heterocycles. The highest BCUT2D eigenvalue weighted by Gasteiger charge is 2.24. The number of hydrogen-bond acceptors (Lipinski definition) is 6. The van der Waals surface area contributed by atoms with Gasteiger partial charge in [0.2, 0.25) is 11.7 Å². The molecule has 0 aliphatic carbocycles. The number of ether oxygens (including phenoxy) is 1. The van der Waals surface area contributed by atoms with E-state index in [2.05, 4.69) is 19.7 Å². The number of pyridine rings is 1. The third kappa shape index (κ3) is 4.05. The van der Waals surface area contributed by atoms with Gasteiger partial charge in [-0.25, -0.2) is 31.6 Å². The minimum Gasteiger partial charge on any atom is -0.480 e. The fourth-order valence-corrected chi connectivity index (χ4v) is 5.75. The normalized spacial score (nSPS) is 11.9. The first-order valence-electron chi connectivity index (χ1n) is 11.6. The number of anilines is 1. The summed E-state index contributed by atoms with van der Waals surface area (Å²) in [5.74, 6) is -1.75. The molecule has 0 radical (unpaired) electrons. The summed E-state index contributed by atoms with van der Waals surface area (Å²) in [4.78, 5) is 25.1. The predicted octanol–water partition coefficient (Wildman–Crippen LogP) is 4.79. The van der Waals surface area contributed by atoms with Gasteiger partial charge in [0.1, 0.15) is 16.5 Å². The van der Waals surface area contributed by atoms with Crippen LogP contribution >= 0.6 is 0 Å². The molecule has 0 spiro atoms. The maximum Gasteiger partial charge on any atom is 0.267 e. The van der Waals surface area contributed by atoms with E-state index in [0.29, 0.717) is 33.9 Å². The van der Waals surface area contributed by atoms with Crippen molar-refractivity contribution in [3.05, 3.63) is 94.4 Å². The van der Waals surface area contributed by atoms with E-state index in [1.807, 2.05) is 25.1 Å². The average molecular weight is 548 g/mol. The molecule has 3 heterocycles. The number of methoxy groups -OCH3 is 1. The van der Waals surface area contributed by atoms with Crippen LogP contribution in [0.4, 0.5) is 14.5 Å². The lowest BCUT2D eigenvalue weighted by atomic mass is 10.1. The van der Waals surface area contributed by atoms with Crippen molar-refractivity contribution in [1.29, 1.82) is 0 Å². The van der Waals surface area contributed by atoms with Crippen molar-refractivity contribution in [2.45, 2.75) is 11.8 Å². The molecule has 196 valence electrons. The molecule has 0 atom stereocenters. The van der Waals surface area contributed by atoms with Crippen molar-refractivity contribution in [2.24, 2.45) is 0 Å². The Bertz CT molecular complexity index is 2120. The zero-order chi connectivity index (χ0) is 27.5. The van der Waals surface area contributed by atoms with Crippen LogP contribution in [0.1, 0.15) is 5.56 Å². The molecule has 12 heteroatoms. The van der Waals surface area contributed by atoms with Crippen molar-refractivity contribution in [3.8, 4) is 17.0 Å². The van der Waals surface area contributed by atoms with E-state index in [0.717, 1.165) is 28.7 Å². The number of halogens is 2. The van der Waals surface area contributed by atoms with Gasteiger partial charge in [-0.3, -0.25) is 9.52 Å². The molecule has 0 bridgehead atoms. The standard InChI is InChI=1S/C27H19F2N5O4S/c1-14-4-3-5-22-24(14)34-26(35)18-10-15(6-8-20(18)31-27(34)32-22)16-11-23(25(38-2)30-13-16)39(36,37)33-21-9-7-17(28)12-19(21)29/h3-13,33H,1-2H3,(H,31,32). The molecule has 0 fully saturated rings. The second-order valence-electron chi connectivity index (χ2n) is 8.87. The van der Waals surface area contributed by atoms with Crippen molar-refractivity contribution < 1.29 is 21.9 Å². The number of H-pyrrole nitrogens is 1. The Morgan fingerprint density at radius 2 is 1.85 bits per heavy atom. The fraction of sp³-hybridized carbons (Fsp3) is 0.0741. The number of imidazole rings is 1. The van der Waals surface area contributed by atoms with Gasteiger partial charge in [-0.2, -0.15) is 0 Å². The van der Waals surface area contributed by atoms with Gasteiger partial charge in [0, 0.05) is 17.8 Å². The molecule has 0 saturated carbocycles. The first-order chi connectivity index (χ1) is 18.7. The topological polar surface area (TPSA) is 118 Å². The van der Waals surface area contributed by atoms with E-state index in [1.54, 1.807) is 18.2 Å². The number of sulfonamides is 1. The summed E-state index contributed by atoms with van der Waals surface area (Å²) in [5.41, 5.74) is 2.97. The SMILES string of the molecule is COc1ncc(-c2ccc3nc4[nH]c5cccc(C)c5n4c(=O)c3c2)cc1S(=O)(=O)Nc1ccc(F)cc1F. The van der Waals surface area contributed by atoms with Crippen LogP contribution in [-0.2, 0) is 10.0 Å². The number of rotatable bonds is 5. The molecule has 3 aromatic carbocycles. The highest BCUT2D eigenvalue weighted by atomic mass is 32.2. The molecular weight excluding hydrogens is 528 g/mol. The van der Waals surface area contributed by atoms with Gasteiger partial charge >= 0.3 is 0 Å². The van der Waals surface area contributed by atoms with Gasteiger partial charge in [-0.15, -0.1) is 0 Å².